The Labute approximate surface area is 97.3 Å². The normalized spacial score (nSPS) is 13.4. The predicted octanol–water partition coefficient (Wildman–Crippen LogP) is 3.50. The van der Waals surface area contributed by atoms with E-state index in [0.717, 1.165) is 15.4 Å². The van der Waals surface area contributed by atoms with Crippen LogP contribution in [0.25, 0.3) is 0 Å². The van der Waals surface area contributed by atoms with Gasteiger partial charge in [0.25, 0.3) is 0 Å². The van der Waals surface area contributed by atoms with Gasteiger partial charge >= 0.3 is 0 Å². The van der Waals surface area contributed by atoms with Gasteiger partial charge in [-0.15, -0.1) is 0 Å². The van der Waals surface area contributed by atoms with E-state index in [1.165, 1.54) is 0 Å². The molecule has 0 amide bonds. The summed E-state index contributed by atoms with van der Waals surface area (Å²) in [5.74, 6) is 0.476. The molecule has 1 aromatic heterocycles. The highest BCUT2D eigenvalue weighted by molar-refractivity contribution is 7.79. The van der Waals surface area contributed by atoms with E-state index < -0.39 is 0 Å². The Kier molecular flexibility index (Phi) is 4.71. The van der Waals surface area contributed by atoms with E-state index >= 15 is 0 Å². The van der Waals surface area contributed by atoms with Crippen LogP contribution < -0.4 is 0 Å². The predicted molar refractivity (Wildman–Crippen MR) is 66.7 cm³/mol. The molecule has 0 aromatic carbocycles. The van der Waals surface area contributed by atoms with Crippen molar-refractivity contribution in [2.75, 3.05) is 14.1 Å². The lowest BCUT2D eigenvalue weighted by molar-refractivity contribution is 0.559. The Morgan fingerprint density at radius 3 is 2.71 bits per heavy atom. The van der Waals surface area contributed by atoms with E-state index in [1.807, 2.05) is 19.0 Å². The van der Waals surface area contributed by atoms with Crippen LogP contribution in [0.5, 0.6) is 0 Å². The summed E-state index contributed by atoms with van der Waals surface area (Å²) in [5, 5.41) is 1.16. The van der Waals surface area contributed by atoms with Crippen molar-refractivity contribution in [1.29, 1.82) is 0 Å². The number of hydrogen-bond donors (Lipinski definition) is 0. The third kappa shape index (κ3) is 3.86. The average Bonchev–Trinajstić information content (AvgIpc) is 2.51. The van der Waals surface area contributed by atoms with E-state index in [1.54, 1.807) is 20.7 Å². The van der Waals surface area contributed by atoms with Gasteiger partial charge in [-0.3, -0.25) is 0 Å². The first-order valence-corrected chi connectivity index (χ1v) is 6.95. The molecule has 0 N–H and O–H groups in total. The SMILES string of the molecule is CC(C/C=C\N(C)C)c1nc(=S)ss1. The standard InChI is InChI=1S/C9H14N2S3/c1-7(5-4-6-11(2)3)8-10-9(12)14-13-8/h4,6-7H,5H2,1-3H3/b6-4-. The second kappa shape index (κ2) is 5.58. The summed E-state index contributed by atoms with van der Waals surface area (Å²) in [6.45, 7) is 2.18. The lowest BCUT2D eigenvalue weighted by Gasteiger charge is -2.06. The highest BCUT2D eigenvalue weighted by atomic mass is 32.9. The van der Waals surface area contributed by atoms with Crippen LogP contribution in [0.4, 0.5) is 0 Å². The molecule has 0 aliphatic carbocycles. The van der Waals surface area contributed by atoms with Gasteiger partial charge in [0.1, 0.15) is 5.01 Å². The summed E-state index contributed by atoms with van der Waals surface area (Å²) < 4.78 is 0.758. The maximum absolute atomic E-state index is 5.00. The van der Waals surface area contributed by atoms with E-state index in [0.29, 0.717) is 5.92 Å². The van der Waals surface area contributed by atoms with Gasteiger partial charge in [0, 0.05) is 20.0 Å². The molecule has 1 rings (SSSR count). The number of aromatic nitrogens is 1. The molecule has 1 aromatic rings. The number of allylic oxidation sites excluding steroid dienone is 1. The fraction of sp³-hybridized carbons (Fsp3) is 0.556. The quantitative estimate of drug-likeness (QED) is 0.597. The first kappa shape index (κ1) is 11.8. The van der Waals surface area contributed by atoms with Gasteiger partial charge in [-0.1, -0.05) is 23.3 Å². The van der Waals surface area contributed by atoms with Gasteiger partial charge in [0.2, 0.25) is 0 Å². The minimum absolute atomic E-state index is 0.476. The molecule has 0 radical (unpaired) electrons. The zero-order chi connectivity index (χ0) is 10.6. The van der Waals surface area contributed by atoms with Crippen molar-refractivity contribution in [3.63, 3.8) is 0 Å². The summed E-state index contributed by atoms with van der Waals surface area (Å²) in [4.78, 5) is 6.35. The van der Waals surface area contributed by atoms with Gasteiger partial charge in [0.15, 0.2) is 3.95 Å². The first-order chi connectivity index (χ1) is 6.59. The van der Waals surface area contributed by atoms with Gasteiger partial charge in [-0.2, -0.15) is 0 Å². The molecule has 0 aliphatic rings. The van der Waals surface area contributed by atoms with Crippen molar-refractivity contribution in [3.05, 3.63) is 21.2 Å². The smallest absolute Gasteiger partial charge is 0.191 e. The molecule has 1 unspecified atom stereocenters. The monoisotopic (exact) mass is 246 g/mol. The molecule has 78 valence electrons. The summed E-state index contributed by atoms with van der Waals surface area (Å²) >= 11 is 5.00. The van der Waals surface area contributed by atoms with Crippen LogP contribution in [0.3, 0.4) is 0 Å². The highest BCUT2D eigenvalue weighted by Crippen LogP contribution is 2.25. The lowest BCUT2D eigenvalue weighted by atomic mass is 10.1. The molecule has 0 spiro atoms. The third-order valence-electron chi connectivity index (χ3n) is 1.71. The van der Waals surface area contributed by atoms with Crippen molar-refractivity contribution in [1.82, 2.24) is 9.88 Å². The molecule has 1 heterocycles. The van der Waals surface area contributed by atoms with Crippen LogP contribution in [0.2, 0.25) is 0 Å². The van der Waals surface area contributed by atoms with Crippen LogP contribution in [0.1, 0.15) is 24.3 Å². The van der Waals surface area contributed by atoms with E-state index in [4.69, 9.17) is 12.2 Å². The summed E-state index contributed by atoms with van der Waals surface area (Å²) in [5.41, 5.74) is 0. The Morgan fingerprint density at radius 1 is 1.50 bits per heavy atom. The molecule has 0 saturated carbocycles. The molecule has 1 atom stereocenters. The van der Waals surface area contributed by atoms with Crippen LogP contribution in [0.15, 0.2) is 12.3 Å². The highest BCUT2D eigenvalue weighted by Gasteiger charge is 2.07. The average molecular weight is 246 g/mol. The maximum Gasteiger partial charge on any atom is 0.191 e. The Hall–Kier alpha value is -0.260. The molecular formula is C9H14N2S3. The molecular weight excluding hydrogens is 232 g/mol. The topological polar surface area (TPSA) is 16.1 Å². The molecule has 0 aliphatic heterocycles. The minimum atomic E-state index is 0.476. The molecule has 5 heteroatoms. The van der Waals surface area contributed by atoms with Crippen LogP contribution in [-0.2, 0) is 0 Å². The van der Waals surface area contributed by atoms with Gasteiger partial charge in [0.05, 0.1) is 0 Å². The third-order valence-corrected chi connectivity index (χ3v) is 4.59. The van der Waals surface area contributed by atoms with E-state index in [-0.39, 0.29) is 0 Å². The lowest BCUT2D eigenvalue weighted by Crippen LogP contribution is -2.00. The second-order valence-corrected chi connectivity index (χ2v) is 6.15. The number of rotatable bonds is 4. The fourth-order valence-electron chi connectivity index (χ4n) is 0.975. The number of hydrogen-bond acceptors (Lipinski definition) is 5. The van der Waals surface area contributed by atoms with Crippen molar-refractivity contribution in [2.24, 2.45) is 0 Å². The zero-order valence-electron chi connectivity index (χ0n) is 8.56. The van der Waals surface area contributed by atoms with Crippen molar-refractivity contribution < 1.29 is 0 Å². The Balaban J connectivity index is 2.51. The molecule has 2 nitrogen and oxygen atoms in total. The van der Waals surface area contributed by atoms with Gasteiger partial charge in [-0.05, 0) is 35.2 Å². The maximum atomic E-state index is 5.00. The summed E-state index contributed by atoms with van der Waals surface area (Å²) in [6, 6.07) is 0. The Bertz CT molecular complexity index is 351. The molecule has 0 saturated heterocycles. The second-order valence-electron chi connectivity index (χ2n) is 3.37. The van der Waals surface area contributed by atoms with Crippen LogP contribution >= 0.6 is 32.9 Å². The first-order valence-electron chi connectivity index (χ1n) is 4.39. The largest absolute Gasteiger partial charge is 0.384 e. The van der Waals surface area contributed by atoms with Crippen molar-refractivity contribution in [3.8, 4) is 0 Å². The van der Waals surface area contributed by atoms with Crippen LogP contribution in [0, 0.1) is 3.95 Å². The zero-order valence-corrected chi connectivity index (χ0v) is 11.0. The fourth-order valence-corrected chi connectivity index (χ4v) is 3.36. The molecule has 0 bridgehead atoms. The van der Waals surface area contributed by atoms with Crippen LogP contribution in [-0.4, -0.2) is 24.0 Å². The van der Waals surface area contributed by atoms with Crippen molar-refractivity contribution >= 4 is 32.9 Å². The summed E-state index contributed by atoms with van der Waals surface area (Å²) in [7, 11) is 7.32. The Morgan fingerprint density at radius 2 is 2.21 bits per heavy atom. The van der Waals surface area contributed by atoms with Gasteiger partial charge in [-0.25, -0.2) is 4.98 Å². The number of nitrogens with zero attached hydrogens (tertiary/aromatic N) is 2. The minimum Gasteiger partial charge on any atom is -0.384 e. The van der Waals surface area contributed by atoms with E-state index in [2.05, 4.69) is 24.2 Å². The van der Waals surface area contributed by atoms with Crippen molar-refractivity contribution in [2.45, 2.75) is 19.3 Å². The van der Waals surface area contributed by atoms with Gasteiger partial charge < -0.3 is 4.90 Å². The summed E-state index contributed by atoms with van der Waals surface area (Å²) in [6.07, 6.45) is 5.26. The molecule has 14 heavy (non-hydrogen) atoms. The molecule has 0 fully saturated rings. The van der Waals surface area contributed by atoms with E-state index in [9.17, 15) is 0 Å².